The van der Waals surface area contributed by atoms with Crippen LogP contribution < -0.4 is 0 Å². The Morgan fingerprint density at radius 2 is 1.47 bits per heavy atom. The molecule has 0 aromatic heterocycles. The molecule has 0 bridgehead atoms. The molecule has 2 atom stereocenters. The minimum absolute atomic E-state index is 0.258. The van der Waals surface area contributed by atoms with Crippen molar-refractivity contribution in [3.8, 4) is 0 Å². The number of aliphatic hydroxyl groups is 1. The van der Waals surface area contributed by atoms with E-state index in [2.05, 4.69) is 0 Å². The van der Waals surface area contributed by atoms with Gasteiger partial charge < -0.3 is 19.3 Å². The summed E-state index contributed by atoms with van der Waals surface area (Å²) in [4.78, 5) is 0. The molecule has 0 aromatic carbocycles. The Kier molecular flexibility index (Phi) is 10.3. The maximum absolute atomic E-state index is 9.23. The van der Waals surface area contributed by atoms with Crippen molar-refractivity contribution in [2.24, 2.45) is 5.92 Å². The number of rotatable bonds is 10. The predicted octanol–water partition coefficient (Wildman–Crippen LogP) is 1.07. The zero-order valence-electron chi connectivity index (χ0n) is 10.1. The Morgan fingerprint density at radius 3 is 2.00 bits per heavy atom. The fraction of sp³-hybridized carbons (Fsp3) is 1.00. The van der Waals surface area contributed by atoms with E-state index in [0.29, 0.717) is 39.0 Å². The van der Waals surface area contributed by atoms with Crippen molar-refractivity contribution < 1.29 is 19.3 Å². The predicted molar refractivity (Wildman–Crippen MR) is 59.0 cm³/mol. The quantitative estimate of drug-likeness (QED) is 0.560. The van der Waals surface area contributed by atoms with E-state index in [4.69, 9.17) is 14.2 Å². The van der Waals surface area contributed by atoms with E-state index in [9.17, 15) is 5.11 Å². The van der Waals surface area contributed by atoms with Crippen molar-refractivity contribution >= 4 is 0 Å². The van der Waals surface area contributed by atoms with Crippen LogP contribution in [0.2, 0.25) is 0 Å². The van der Waals surface area contributed by atoms with Crippen LogP contribution in [0, 0.1) is 5.92 Å². The molecule has 4 heteroatoms. The Labute approximate surface area is 92.5 Å². The lowest BCUT2D eigenvalue weighted by molar-refractivity contribution is 0.0174. The van der Waals surface area contributed by atoms with E-state index in [0.717, 1.165) is 6.42 Å². The lowest BCUT2D eigenvalue weighted by atomic mass is 10.0. The minimum Gasteiger partial charge on any atom is -0.393 e. The van der Waals surface area contributed by atoms with Crippen LogP contribution in [-0.2, 0) is 14.2 Å². The van der Waals surface area contributed by atoms with Crippen molar-refractivity contribution in [2.45, 2.75) is 26.4 Å². The zero-order valence-corrected chi connectivity index (χ0v) is 10.1. The Hall–Kier alpha value is -0.160. The van der Waals surface area contributed by atoms with E-state index >= 15 is 0 Å². The summed E-state index contributed by atoms with van der Waals surface area (Å²) in [5.41, 5.74) is 0. The largest absolute Gasteiger partial charge is 0.393 e. The summed E-state index contributed by atoms with van der Waals surface area (Å²) < 4.78 is 15.4. The number of hydrogen-bond acceptors (Lipinski definition) is 4. The molecule has 2 unspecified atom stereocenters. The topological polar surface area (TPSA) is 47.9 Å². The molecule has 92 valence electrons. The van der Waals surface area contributed by atoms with Crippen molar-refractivity contribution in [1.82, 2.24) is 0 Å². The fourth-order valence-corrected chi connectivity index (χ4v) is 0.975. The first-order valence-electron chi connectivity index (χ1n) is 5.51. The molecule has 0 spiro atoms. The van der Waals surface area contributed by atoms with Crippen LogP contribution in [0.25, 0.3) is 0 Å². The lowest BCUT2D eigenvalue weighted by Gasteiger charge is -2.14. The van der Waals surface area contributed by atoms with Gasteiger partial charge in [-0.1, -0.05) is 6.92 Å². The van der Waals surface area contributed by atoms with E-state index in [1.807, 2.05) is 6.92 Å². The summed E-state index contributed by atoms with van der Waals surface area (Å²) >= 11 is 0. The van der Waals surface area contributed by atoms with Gasteiger partial charge in [0.15, 0.2) is 0 Å². The molecule has 0 heterocycles. The molecule has 0 aromatic rings. The maximum Gasteiger partial charge on any atom is 0.0701 e. The molecule has 0 aliphatic rings. The smallest absolute Gasteiger partial charge is 0.0701 e. The highest BCUT2D eigenvalue weighted by Gasteiger charge is 2.07. The lowest BCUT2D eigenvalue weighted by Crippen LogP contribution is -2.16. The first-order chi connectivity index (χ1) is 7.18. The third kappa shape index (κ3) is 10.1. The average Bonchev–Trinajstić information content (AvgIpc) is 2.21. The summed E-state index contributed by atoms with van der Waals surface area (Å²) in [7, 11) is 1.65. The normalized spacial score (nSPS) is 15.2. The third-order valence-corrected chi connectivity index (χ3v) is 2.34. The van der Waals surface area contributed by atoms with Gasteiger partial charge in [-0.15, -0.1) is 0 Å². The molecule has 0 aliphatic heterocycles. The minimum atomic E-state index is -0.258. The number of ether oxygens (including phenoxy) is 3. The fourth-order valence-electron chi connectivity index (χ4n) is 0.975. The monoisotopic (exact) mass is 220 g/mol. The Balaban J connectivity index is 3.05. The highest BCUT2D eigenvalue weighted by molar-refractivity contribution is 4.57. The molecule has 0 fully saturated rings. The Bertz CT molecular complexity index is 128. The van der Waals surface area contributed by atoms with E-state index in [1.54, 1.807) is 14.0 Å². The summed E-state index contributed by atoms with van der Waals surface area (Å²) in [6.45, 7) is 6.95. The molecular weight excluding hydrogens is 196 g/mol. The number of methoxy groups -OCH3 is 1. The highest BCUT2D eigenvalue weighted by Crippen LogP contribution is 2.06. The van der Waals surface area contributed by atoms with Crippen molar-refractivity contribution in [1.29, 1.82) is 0 Å². The van der Waals surface area contributed by atoms with E-state index in [-0.39, 0.29) is 6.10 Å². The van der Waals surface area contributed by atoms with Gasteiger partial charge in [-0.2, -0.15) is 0 Å². The van der Waals surface area contributed by atoms with Gasteiger partial charge >= 0.3 is 0 Å². The molecule has 15 heavy (non-hydrogen) atoms. The SMILES string of the molecule is COCCOCCOCCC(C)C(C)O. The van der Waals surface area contributed by atoms with Gasteiger partial charge in [0.1, 0.15) is 0 Å². The number of aliphatic hydroxyl groups excluding tert-OH is 1. The van der Waals surface area contributed by atoms with Crippen LogP contribution in [0.3, 0.4) is 0 Å². The van der Waals surface area contributed by atoms with Crippen molar-refractivity contribution in [3.63, 3.8) is 0 Å². The first kappa shape index (κ1) is 14.8. The molecule has 4 nitrogen and oxygen atoms in total. The molecule has 0 saturated carbocycles. The van der Waals surface area contributed by atoms with Gasteiger partial charge in [0.05, 0.1) is 32.5 Å². The standard InChI is InChI=1S/C11H24O4/c1-10(11(2)12)4-5-14-8-9-15-7-6-13-3/h10-12H,4-9H2,1-3H3. The molecule has 0 amide bonds. The second-order valence-electron chi connectivity index (χ2n) is 3.72. The van der Waals surface area contributed by atoms with Gasteiger partial charge in [0.25, 0.3) is 0 Å². The zero-order chi connectivity index (χ0) is 11.5. The molecule has 0 rings (SSSR count). The van der Waals surface area contributed by atoms with Crippen LogP contribution in [0.4, 0.5) is 0 Å². The maximum atomic E-state index is 9.23. The van der Waals surface area contributed by atoms with Crippen molar-refractivity contribution in [2.75, 3.05) is 40.1 Å². The van der Waals surface area contributed by atoms with E-state index < -0.39 is 0 Å². The summed E-state index contributed by atoms with van der Waals surface area (Å²) in [6, 6.07) is 0. The van der Waals surface area contributed by atoms with Crippen molar-refractivity contribution in [3.05, 3.63) is 0 Å². The van der Waals surface area contributed by atoms with Crippen LogP contribution in [0.15, 0.2) is 0 Å². The summed E-state index contributed by atoms with van der Waals surface area (Å²) in [5, 5.41) is 9.23. The molecule has 0 radical (unpaired) electrons. The summed E-state index contributed by atoms with van der Waals surface area (Å²) in [6.07, 6.45) is 0.627. The van der Waals surface area contributed by atoms with E-state index in [1.165, 1.54) is 0 Å². The number of hydrogen-bond donors (Lipinski definition) is 1. The first-order valence-corrected chi connectivity index (χ1v) is 5.51. The summed E-state index contributed by atoms with van der Waals surface area (Å²) in [5.74, 6) is 0.291. The Morgan fingerprint density at radius 1 is 0.933 bits per heavy atom. The van der Waals surface area contributed by atoms with Gasteiger partial charge in [0, 0.05) is 13.7 Å². The van der Waals surface area contributed by atoms with Crippen LogP contribution in [0.5, 0.6) is 0 Å². The second-order valence-corrected chi connectivity index (χ2v) is 3.72. The van der Waals surface area contributed by atoms with Gasteiger partial charge in [-0.3, -0.25) is 0 Å². The van der Waals surface area contributed by atoms with Crippen LogP contribution in [0.1, 0.15) is 20.3 Å². The molecule has 0 saturated heterocycles. The van der Waals surface area contributed by atoms with Crippen LogP contribution >= 0.6 is 0 Å². The highest BCUT2D eigenvalue weighted by atomic mass is 16.5. The molecular formula is C11H24O4. The van der Waals surface area contributed by atoms with Crippen LogP contribution in [-0.4, -0.2) is 51.4 Å². The van der Waals surface area contributed by atoms with Gasteiger partial charge in [-0.25, -0.2) is 0 Å². The van der Waals surface area contributed by atoms with Gasteiger partial charge in [0.2, 0.25) is 0 Å². The average molecular weight is 220 g/mol. The second kappa shape index (κ2) is 10.4. The van der Waals surface area contributed by atoms with Gasteiger partial charge in [-0.05, 0) is 19.3 Å². The third-order valence-electron chi connectivity index (χ3n) is 2.34. The molecule has 1 N–H and O–H groups in total. The molecule has 0 aliphatic carbocycles.